The first-order valence-corrected chi connectivity index (χ1v) is 9.87. The van der Waals surface area contributed by atoms with E-state index >= 15 is 0 Å². The van der Waals surface area contributed by atoms with E-state index in [-0.39, 0.29) is 30.5 Å². The van der Waals surface area contributed by atoms with Gasteiger partial charge in [0.2, 0.25) is 0 Å². The van der Waals surface area contributed by atoms with Crippen LogP contribution in [0.4, 0.5) is 10.5 Å². The summed E-state index contributed by atoms with van der Waals surface area (Å²) in [7, 11) is 0. The molecule has 0 aliphatic carbocycles. The van der Waals surface area contributed by atoms with Crippen LogP contribution in [0.2, 0.25) is 0 Å². The summed E-state index contributed by atoms with van der Waals surface area (Å²) in [6, 6.07) is 15.7. The summed E-state index contributed by atoms with van der Waals surface area (Å²) in [6.45, 7) is 1.89. The number of carbonyl (C=O) groups is 2. The van der Waals surface area contributed by atoms with Crippen LogP contribution in [-0.2, 0) is 20.9 Å². The van der Waals surface area contributed by atoms with Crippen molar-refractivity contribution in [1.82, 2.24) is 0 Å². The molecule has 0 atom stereocenters. The van der Waals surface area contributed by atoms with Crippen molar-refractivity contribution in [2.75, 3.05) is 17.7 Å². The van der Waals surface area contributed by atoms with E-state index in [0.29, 0.717) is 16.6 Å². The Bertz CT molecular complexity index is 1060. The van der Waals surface area contributed by atoms with Crippen molar-refractivity contribution < 1.29 is 23.5 Å². The molecule has 1 aromatic heterocycles. The number of hydrogen-bond donors (Lipinski definition) is 1. The molecule has 1 heterocycles. The molecule has 2 aromatic carbocycles. The van der Waals surface area contributed by atoms with Gasteiger partial charge in [0, 0.05) is 33.7 Å². The number of nitrogens with one attached hydrogen (secondary N) is 1. The zero-order valence-corrected chi connectivity index (χ0v) is 16.5. The SMILES string of the molecule is CCOC(=O)Nc1ccc2c(COC(=O)CSc3ccccc3)cc(=O)oc2c1. The normalized spacial score (nSPS) is 10.5. The fourth-order valence-corrected chi connectivity index (χ4v) is 3.29. The average Bonchev–Trinajstić information content (AvgIpc) is 2.71. The lowest BCUT2D eigenvalue weighted by molar-refractivity contribution is -0.141. The predicted molar refractivity (Wildman–Crippen MR) is 110 cm³/mol. The molecule has 8 heteroatoms. The zero-order chi connectivity index (χ0) is 20.6. The van der Waals surface area contributed by atoms with Crippen LogP contribution in [0.5, 0.6) is 0 Å². The first kappa shape index (κ1) is 20.5. The second-order valence-corrected chi connectivity index (χ2v) is 6.96. The molecule has 0 aliphatic rings. The van der Waals surface area contributed by atoms with Gasteiger partial charge in [0.15, 0.2) is 0 Å². The molecule has 0 saturated carbocycles. The van der Waals surface area contributed by atoms with Gasteiger partial charge in [-0.3, -0.25) is 10.1 Å². The van der Waals surface area contributed by atoms with Crippen molar-refractivity contribution in [3.05, 3.63) is 70.6 Å². The van der Waals surface area contributed by atoms with Gasteiger partial charge in [0.05, 0.1) is 12.4 Å². The van der Waals surface area contributed by atoms with Crippen LogP contribution >= 0.6 is 11.8 Å². The Kier molecular flexibility index (Phi) is 6.91. The molecular formula is C21H19NO6S. The Morgan fingerprint density at radius 3 is 2.62 bits per heavy atom. The Labute approximate surface area is 171 Å². The molecule has 0 spiro atoms. The van der Waals surface area contributed by atoms with E-state index in [1.807, 2.05) is 30.3 Å². The largest absolute Gasteiger partial charge is 0.460 e. The number of carbonyl (C=O) groups excluding carboxylic acids is 2. The summed E-state index contributed by atoms with van der Waals surface area (Å²) in [5, 5.41) is 3.16. The molecule has 150 valence electrons. The number of fused-ring (bicyclic) bond motifs is 1. The lowest BCUT2D eigenvalue weighted by atomic mass is 10.1. The van der Waals surface area contributed by atoms with E-state index in [4.69, 9.17) is 13.9 Å². The van der Waals surface area contributed by atoms with E-state index in [1.165, 1.54) is 23.9 Å². The third-order valence-corrected chi connectivity index (χ3v) is 4.83. The van der Waals surface area contributed by atoms with Crippen molar-refractivity contribution in [1.29, 1.82) is 0 Å². The van der Waals surface area contributed by atoms with Crippen LogP contribution in [0.3, 0.4) is 0 Å². The van der Waals surface area contributed by atoms with Gasteiger partial charge in [0.1, 0.15) is 12.2 Å². The minimum absolute atomic E-state index is 0.0546. The smallest absolute Gasteiger partial charge is 0.411 e. The molecule has 0 bridgehead atoms. The highest BCUT2D eigenvalue weighted by Crippen LogP contribution is 2.23. The monoisotopic (exact) mass is 413 g/mol. The summed E-state index contributed by atoms with van der Waals surface area (Å²) in [5.74, 6) is -0.224. The molecule has 0 unspecified atom stereocenters. The summed E-state index contributed by atoms with van der Waals surface area (Å²) in [5.41, 5.74) is 0.650. The molecule has 3 rings (SSSR count). The molecule has 0 saturated heterocycles. The highest BCUT2D eigenvalue weighted by Gasteiger charge is 2.11. The quantitative estimate of drug-likeness (QED) is 0.352. The zero-order valence-electron chi connectivity index (χ0n) is 15.7. The Balaban J connectivity index is 1.67. The van der Waals surface area contributed by atoms with Crippen LogP contribution in [-0.4, -0.2) is 24.4 Å². The first-order chi connectivity index (χ1) is 14.0. The van der Waals surface area contributed by atoms with Gasteiger partial charge in [-0.1, -0.05) is 18.2 Å². The number of thioether (sulfide) groups is 1. The Morgan fingerprint density at radius 2 is 1.86 bits per heavy atom. The number of benzene rings is 2. The van der Waals surface area contributed by atoms with Gasteiger partial charge in [0.25, 0.3) is 0 Å². The third-order valence-electron chi connectivity index (χ3n) is 3.84. The lowest BCUT2D eigenvalue weighted by Crippen LogP contribution is -2.13. The summed E-state index contributed by atoms with van der Waals surface area (Å²) in [4.78, 5) is 36.4. The lowest BCUT2D eigenvalue weighted by Gasteiger charge is -2.09. The van der Waals surface area contributed by atoms with Gasteiger partial charge in [-0.25, -0.2) is 9.59 Å². The topological polar surface area (TPSA) is 94.8 Å². The minimum Gasteiger partial charge on any atom is -0.460 e. The van der Waals surface area contributed by atoms with Crippen molar-refractivity contribution in [2.45, 2.75) is 18.4 Å². The first-order valence-electron chi connectivity index (χ1n) is 8.89. The standard InChI is InChI=1S/C21H19NO6S/c1-2-26-21(25)22-15-8-9-17-14(10-19(23)28-18(17)11-15)12-27-20(24)13-29-16-6-4-3-5-7-16/h3-11H,2,12-13H2,1H3,(H,22,25). The van der Waals surface area contributed by atoms with Gasteiger partial charge in [-0.05, 0) is 31.2 Å². The van der Waals surface area contributed by atoms with Crippen molar-refractivity contribution in [3.8, 4) is 0 Å². The maximum absolute atomic E-state index is 12.0. The molecule has 1 amide bonds. The van der Waals surface area contributed by atoms with Crippen molar-refractivity contribution in [2.24, 2.45) is 0 Å². The molecule has 0 fully saturated rings. The number of esters is 1. The van der Waals surface area contributed by atoms with E-state index in [2.05, 4.69) is 5.32 Å². The second kappa shape index (κ2) is 9.79. The molecular weight excluding hydrogens is 394 g/mol. The van der Waals surface area contributed by atoms with E-state index < -0.39 is 11.7 Å². The number of anilines is 1. The van der Waals surface area contributed by atoms with Crippen LogP contribution < -0.4 is 10.9 Å². The molecule has 1 N–H and O–H groups in total. The van der Waals surface area contributed by atoms with E-state index in [0.717, 1.165) is 4.90 Å². The fraction of sp³-hybridized carbons (Fsp3) is 0.190. The second-order valence-electron chi connectivity index (χ2n) is 5.91. The number of amides is 1. The number of hydrogen-bond acceptors (Lipinski definition) is 7. The van der Waals surface area contributed by atoms with Gasteiger partial charge in [-0.2, -0.15) is 0 Å². The number of rotatable bonds is 7. The average molecular weight is 413 g/mol. The van der Waals surface area contributed by atoms with Crippen LogP contribution in [0.25, 0.3) is 11.0 Å². The number of ether oxygens (including phenoxy) is 2. The third kappa shape index (κ3) is 5.86. The molecule has 0 radical (unpaired) electrons. The van der Waals surface area contributed by atoms with E-state index in [1.54, 1.807) is 19.1 Å². The van der Waals surface area contributed by atoms with Crippen molar-refractivity contribution in [3.63, 3.8) is 0 Å². The maximum Gasteiger partial charge on any atom is 0.411 e. The molecule has 0 aliphatic heterocycles. The fourth-order valence-electron chi connectivity index (χ4n) is 2.57. The van der Waals surface area contributed by atoms with Crippen LogP contribution in [0.1, 0.15) is 12.5 Å². The molecule has 29 heavy (non-hydrogen) atoms. The predicted octanol–water partition coefficient (Wildman–Crippen LogP) is 4.20. The van der Waals surface area contributed by atoms with Crippen LogP contribution in [0.15, 0.2) is 68.7 Å². The highest BCUT2D eigenvalue weighted by atomic mass is 32.2. The molecule has 7 nitrogen and oxygen atoms in total. The van der Waals surface area contributed by atoms with Crippen LogP contribution in [0, 0.1) is 0 Å². The van der Waals surface area contributed by atoms with Gasteiger partial charge >= 0.3 is 17.7 Å². The Morgan fingerprint density at radius 1 is 1.07 bits per heavy atom. The Hall–Kier alpha value is -3.26. The summed E-state index contributed by atoms with van der Waals surface area (Å²) < 4.78 is 15.3. The molecule has 3 aromatic rings. The van der Waals surface area contributed by atoms with Gasteiger partial charge in [-0.15, -0.1) is 11.8 Å². The summed E-state index contributed by atoms with van der Waals surface area (Å²) in [6.07, 6.45) is -0.602. The van der Waals surface area contributed by atoms with E-state index in [9.17, 15) is 14.4 Å². The highest BCUT2D eigenvalue weighted by molar-refractivity contribution is 8.00. The minimum atomic E-state index is -0.602. The van der Waals surface area contributed by atoms with Gasteiger partial charge < -0.3 is 13.9 Å². The maximum atomic E-state index is 12.0. The summed E-state index contributed by atoms with van der Waals surface area (Å²) >= 11 is 1.38. The van der Waals surface area contributed by atoms with Crippen molar-refractivity contribution >= 4 is 40.5 Å².